The molecule has 2 heterocycles. The van der Waals surface area contributed by atoms with E-state index in [2.05, 4.69) is 137 Å². The molecule has 0 N–H and O–H groups in total. The zero-order valence-electron chi connectivity index (χ0n) is 36.4. The van der Waals surface area contributed by atoms with Crippen molar-refractivity contribution < 1.29 is 13.2 Å². The molecule has 0 unspecified atom stereocenters. The number of aromatic nitrogens is 2. The molecule has 0 aliphatic rings. The maximum atomic E-state index is 14.8. The van der Waals surface area contributed by atoms with E-state index in [1.165, 1.54) is 12.1 Å². The highest BCUT2D eigenvalue weighted by Gasteiger charge is 2.32. The standard InChI is InChI=1S/C62H38F3N3/c63-62(64,65)50-23-13-22-49(34-50)61-59(67-55-28-24-45(41-14-5-1-6-15-41)35-51(55)52-36-46(25-29-56(52)67)42-16-7-2-8-17-42)32-40(39-66)33-60(61)68-57-30-26-47(43-18-9-3-10-19-43)37-53(57)54-38-48(27-31-58(54)68)44-20-11-4-12-21-44/h1-38H. The van der Waals surface area contributed by atoms with E-state index in [1.54, 1.807) is 6.07 Å². The molecule has 68 heavy (non-hydrogen) atoms. The van der Waals surface area contributed by atoms with E-state index in [9.17, 15) is 18.4 Å². The molecule has 2 aromatic heterocycles. The van der Waals surface area contributed by atoms with Gasteiger partial charge in [-0.2, -0.15) is 18.4 Å². The Hall–Kier alpha value is -8.92. The summed E-state index contributed by atoms with van der Waals surface area (Å²) in [6.45, 7) is 0. The highest BCUT2D eigenvalue weighted by atomic mass is 19.4. The number of hydrogen-bond donors (Lipinski definition) is 0. The molecule has 3 nitrogen and oxygen atoms in total. The first-order chi connectivity index (χ1) is 33.3. The number of rotatable bonds is 7. The SMILES string of the molecule is N#Cc1cc(-n2c3ccc(-c4ccccc4)cc3c3cc(-c4ccccc4)ccc32)c(-c2cccc(C(F)(F)F)c2)c(-n2c3ccc(-c4ccccc4)cc3c3cc(-c4ccccc4)ccc32)c1. The molecule has 0 atom stereocenters. The second kappa shape index (κ2) is 16.2. The largest absolute Gasteiger partial charge is 0.416 e. The van der Waals surface area contributed by atoms with Crippen LogP contribution in [0.3, 0.4) is 0 Å². The summed E-state index contributed by atoms with van der Waals surface area (Å²) in [5.74, 6) is 0. The van der Waals surface area contributed by atoms with Gasteiger partial charge < -0.3 is 9.13 Å². The minimum atomic E-state index is -4.61. The molecule has 322 valence electrons. The van der Waals surface area contributed by atoms with Gasteiger partial charge in [0.15, 0.2) is 0 Å². The van der Waals surface area contributed by atoms with E-state index in [0.29, 0.717) is 28.1 Å². The first kappa shape index (κ1) is 40.6. The summed E-state index contributed by atoms with van der Waals surface area (Å²) in [6, 6.07) is 78.0. The van der Waals surface area contributed by atoms with Crippen molar-refractivity contribution in [2.45, 2.75) is 6.18 Å². The number of nitrogens with zero attached hydrogens (tertiary/aromatic N) is 3. The Labute approximate surface area is 390 Å². The Morgan fingerprint density at radius 3 is 0.956 bits per heavy atom. The van der Waals surface area contributed by atoms with Crippen LogP contribution < -0.4 is 0 Å². The highest BCUT2D eigenvalue weighted by molar-refractivity contribution is 6.14. The average Bonchev–Trinajstić information content (AvgIpc) is 3.90. The third kappa shape index (κ3) is 6.92. The monoisotopic (exact) mass is 881 g/mol. The van der Waals surface area contributed by atoms with Gasteiger partial charge in [0.1, 0.15) is 0 Å². The van der Waals surface area contributed by atoms with Gasteiger partial charge in [0, 0.05) is 27.1 Å². The number of benzene rings is 10. The van der Waals surface area contributed by atoms with Gasteiger partial charge in [0.05, 0.1) is 50.6 Å². The molecule has 12 rings (SSSR count). The summed E-state index contributed by atoms with van der Waals surface area (Å²) in [7, 11) is 0. The number of halogens is 3. The second-order valence-corrected chi connectivity index (χ2v) is 17.1. The zero-order chi connectivity index (χ0) is 45.9. The van der Waals surface area contributed by atoms with Crippen molar-refractivity contribution in [2.75, 3.05) is 0 Å². The van der Waals surface area contributed by atoms with Gasteiger partial charge in [-0.25, -0.2) is 0 Å². The zero-order valence-corrected chi connectivity index (χ0v) is 36.4. The number of hydrogen-bond acceptors (Lipinski definition) is 1. The predicted molar refractivity (Wildman–Crippen MR) is 272 cm³/mol. The van der Waals surface area contributed by atoms with Crippen molar-refractivity contribution in [3.63, 3.8) is 0 Å². The van der Waals surface area contributed by atoms with E-state index in [0.717, 1.165) is 94.2 Å². The quantitative estimate of drug-likeness (QED) is 0.157. The van der Waals surface area contributed by atoms with Crippen LogP contribution >= 0.6 is 0 Å². The lowest BCUT2D eigenvalue weighted by atomic mass is 9.96. The van der Waals surface area contributed by atoms with Crippen LogP contribution in [0.5, 0.6) is 0 Å². The third-order valence-corrected chi connectivity index (χ3v) is 13.1. The summed E-state index contributed by atoms with van der Waals surface area (Å²) in [6.07, 6.45) is -4.61. The summed E-state index contributed by atoms with van der Waals surface area (Å²) in [4.78, 5) is 0. The molecular weight excluding hydrogens is 844 g/mol. The summed E-state index contributed by atoms with van der Waals surface area (Å²) < 4.78 is 48.8. The minimum absolute atomic E-state index is 0.361. The lowest BCUT2D eigenvalue weighted by molar-refractivity contribution is -0.137. The first-order valence-corrected chi connectivity index (χ1v) is 22.5. The van der Waals surface area contributed by atoms with Crippen LogP contribution in [0.25, 0.3) is 111 Å². The van der Waals surface area contributed by atoms with Gasteiger partial charge in [-0.05, 0) is 123 Å². The predicted octanol–water partition coefficient (Wildman–Crippen LogP) is 17.1. The van der Waals surface area contributed by atoms with Gasteiger partial charge >= 0.3 is 6.18 Å². The molecule has 10 aromatic carbocycles. The minimum Gasteiger partial charge on any atom is -0.308 e. The molecule has 0 spiro atoms. The highest BCUT2D eigenvalue weighted by Crippen LogP contribution is 2.46. The Kier molecular flexibility index (Phi) is 9.67. The summed E-state index contributed by atoms with van der Waals surface area (Å²) in [5.41, 5.74) is 13.4. The van der Waals surface area contributed by atoms with E-state index < -0.39 is 11.7 Å². The molecule has 0 saturated heterocycles. The van der Waals surface area contributed by atoms with Crippen molar-refractivity contribution in [1.82, 2.24) is 9.13 Å². The van der Waals surface area contributed by atoms with Gasteiger partial charge in [-0.15, -0.1) is 0 Å². The molecule has 12 aromatic rings. The fourth-order valence-electron chi connectivity index (χ4n) is 9.98. The normalized spacial score (nSPS) is 11.7. The first-order valence-electron chi connectivity index (χ1n) is 22.5. The maximum Gasteiger partial charge on any atom is 0.416 e. The van der Waals surface area contributed by atoms with E-state index >= 15 is 0 Å². The van der Waals surface area contributed by atoms with Gasteiger partial charge in [-0.1, -0.05) is 158 Å². The van der Waals surface area contributed by atoms with Crippen LogP contribution in [0, 0.1) is 11.3 Å². The Morgan fingerprint density at radius 2 is 0.647 bits per heavy atom. The lowest BCUT2D eigenvalue weighted by Gasteiger charge is -2.21. The summed E-state index contributed by atoms with van der Waals surface area (Å²) >= 11 is 0. The van der Waals surface area contributed by atoms with Gasteiger partial charge in [0.2, 0.25) is 0 Å². The van der Waals surface area contributed by atoms with Crippen molar-refractivity contribution in [3.05, 3.63) is 242 Å². The van der Waals surface area contributed by atoms with Crippen LogP contribution in [0.15, 0.2) is 231 Å². The fraction of sp³-hybridized carbons (Fsp3) is 0.0161. The molecule has 0 radical (unpaired) electrons. The van der Waals surface area contributed by atoms with Crippen LogP contribution in [0.1, 0.15) is 11.1 Å². The fourth-order valence-corrected chi connectivity index (χ4v) is 9.98. The summed E-state index contributed by atoms with van der Waals surface area (Å²) in [5, 5.41) is 14.9. The van der Waals surface area contributed by atoms with Crippen LogP contribution in [-0.4, -0.2) is 9.13 Å². The molecular formula is C62H38F3N3. The topological polar surface area (TPSA) is 33.6 Å². The Bertz CT molecular complexity index is 3520. The number of nitriles is 1. The number of fused-ring (bicyclic) bond motifs is 6. The van der Waals surface area contributed by atoms with Crippen LogP contribution in [-0.2, 0) is 6.18 Å². The molecule has 0 saturated carbocycles. The van der Waals surface area contributed by atoms with E-state index in [4.69, 9.17) is 0 Å². The van der Waals surface area contributed by atoms with Crippen molar-refractivity contribution >= 4 is 43.6 Å². The molecule has 6 heteroatoms. The van der Waals surface area contributed by atoms with E-state index in [-0.39, 0.29) is 0 Å². The van der Waals surface area contributed by atoms with Crippen molar-refractivity contribution in [1.29, 1.82) is 5.26 Å². The van der Waals surface area contributed by atoms with Crippen LogP contribution in [0.2, 0.25) is 0 Å². The smallest absolute Gasteiger partial charge is 0.308 e. The van der Waals surface area contributed by atoms with Crippen molar-refractivity contribution in [2.24, 2.45) is 0 Å². The molecule has 0 aliphatic carbocycles. The maximum absolute atomic E-state index is 14.8. The van der Waals surface area contributed by atoms with Gasteiger partial charge in [-0.3, -0.25) is 0 Å². The molecule has 0 aliphatic heterocycles. The lowest BCUT2D eigenvalue weighted by Crippen LogP contribution is -2.07. The molecule has 0 amide bonds. The average molecular weight is 882 g/mol. The second-order valence-electron chi connectivity index (χ2n) is 17.1. The third-order valence-electron chi connectivity index (χ3n) is 13.1. The molecule has 0 bridgehead atoms. The van der Waals surface area contributed by atoms with Crippen LogP contribution in [0.4, 0.5) is 13.2 Å². The van der Waals surface area contributed by atoms with E-state index in [1.807, 2.05) is 84.9 Å². The number of alkyl halides is 3. The van der Waals surface area contributed by atoms with Gasteiger partial charge in [0.25, 0.3) is 0 Å². The van der Waals surface area contributed by atoms with Crippen molar-refractivity contribution in [3.8, 4) is 73.1 Å². The Morgan fingerprint density at radius 1 is 0.324 bits per heavy atom. The Balaban J connectivity index is 1.21. The molecule has 0 fully saturated rings.